The minimum absolute atomic E-state index is 0.0316. The Morgan fingerprint density at radius 1 is 1.41 bits per heavy atom. The first-order valence-corrected chi connectivity index (χ1v) is 7.53. The summed E-state index contributed by atoms with van der Waals surface area (Å²) < 4.78 is 22.3. The Kier molecular flexibility index (Phi) is 5.14. The highest BCUT2D eigenvalue weighted by atomic mass is 16.7. The SMILES string of the molecule is CCOC(=O)Cc1ccc(OC)c(B2OC(C)C(C)(C)O2)c1. The molecule has 1 aliphatic rings. The second-order valence-corrected chi connectivity index (χ2v) is 5.89. The van der Waals surface area contributed by atoms with Gasteiger partial charge in [-0.3, -0.25) is 4.79 Å². The summed E-state index contributed by atoms with van der Waals surface area (Å²) in [4.78, 5) is 11.6. The van der Waals surface area contributed by atoms with Crippen molar-refractivity contribution in [3.05, 3.63) is 23.8 Å². The van der Waals surface area contributed by atoms with Gasteiger partial charge in [0.05, 0.1) is 31.8 Å². The van der Waals surface area contributed by atoms with Gasteiger partial charge in [0.1, 0.15) is 5.75 Å². The van der Waals surface area contributed by atoms with Crippen LogP contribution in [-0.2, 0) is 25.3 Å². The standard InChI is InChI=1S/C16H23BO5/c1-6-20-15(18)10-12-7-8-14(19-5)13(9-12)17-21-11(2)16(3,4)22-17/h7-9,11H,6,10H2,1-5H3. The molecule has 0 spiro atoms. The summed E-state index contributed by atoms with van der Waals surface area (Å²) in [6.07, 6.45) is 0.187. The first kappa shape index (κ1) is 16.8. The van der Waals surface area contributed by atoms with E-state index < -0.39 is 7.12 Å². The predicted octanol–water partition coefficient (Wildman–Crippen LogP) is 1.71. The van der Waals surface area contributed by atoms with Crippen LogP contribution in [0, 0.1) is 0 Å². The second kappa shape index (κ2) is 6.71. The molecule has 1 aromatic carbocycles. The molecule has 1 fully saturated rings. The molecular weight excluding hydrogens is 283 g/mol. The Morgan fingerprint density at radius 3 is 2.68 bits per heavy atom. The van der Waals surface area contributed by atoms with Crippen LogP contribution in [0.5, 0.6) is 5.75 Å². The molecule has 0 amide bonds. The molecule has 0 radical (unpaired) electrons. The van der Waals surface area contributed by atoms with E-state index in [0.29, 0.717) is 12.4 Å². The molecule has 0 saturated carbocycles. The van der Waals surface area contributed by atoms with Crippen molar-refractivity contribution < 1.29 is 23.6 Å². The summed E-state index contributed by atoms with van der Waals surface area (Å²) in [6.45, 7) is 8.14. The highest BCUT2D eigenvalue weighted by Gasteiger charge is 2.45. The normalized spacial score (nSPS) is 20.0. The van der Waals surface area contributed by atoms with E-state index in [0.717, 1.165) is 11.0 Å². The maximum Gasteiger partial charge on any atom is 0.498 e. The van der Waals surface area contributed by atoms with Gasteiger partial charge in [0.25, 0.3) is 0 Å². The number of hydrogen-bond donors (Lipinski definition) is 0. The third-order valence-electron chi connectivity index (χ3n) is 3.92. The molecule has 2 rings (SSSR count). The minimum atomic E-state index is -0.498. The molecule has 0 N–H and O–H groups in total. The van der Waals surface area contributed by atoms with Gasteiger partial charge < -0.3 is 18.8 Å². The number of methoxy groups -OCH3 is 1. The van der Waals surface area contributed by atoms with Crippen molar-refractivity contribution in [3.8, 4) is 5.75 Å². The Morgan fingerprint density at radius 2 is 2.14 bits per heavy atom. The molecule has 22 heavy (non-hydrogen) atoms. The summed E-state index contributed by atoms with van der Waals surface area (Å²) in [7, 11) is 1.11. The zero-order chi connectivity index (χ0) is 16.3. The summed E-state index contributed by atoms with van der Waals surface area (Å²) in [6, 6.07) is 5.56. The van der Waals surface area contributed by atoms with Crippen LogP contribution >= 0.6 is 0 Å². The molecule has 120 valence electrons. The lowest BCUT2D eigenvalue weighted by molar-refractivity contribution is -0.142. The number of ether oxygens (including phenoxy) is 2. The van der Waals surface area contributed by atoms with Gasteiger partial charge in [0, 0.05) is 5.46 Å². The van der Waals surface area contributed by atoms with E-state index >= 15 is 0 Å². The Labute approximate surface area is 132 Å². The molecule has 5 nitrogen and oxygen atoms in total. The summed E-state index contributed by atoms with van der Waals surface area (Å²) in [5.74, 6) is 0.433. The maximum absolute atomic E-state index is 11.6. The van der Waals surface area contributed by atoms with Crippen LogP contribution < -0.4 is 10.2 Å². The fourth-order valence-corrected chi connectivity index (χ4v) is 2.34. The lowest BCUT2D eigenvalue weighted by atomic mass is 9.77. The molecule has 6 heteroatoms. The van der Waals surface area contributed by atoms with Gasteiger partial charge in [0.15, 0.2) is 0 Å². The van der Waals surface area contributed by atoms with Crippen molar-refractivity contribution in [1.82, 2.24) is 0 Å². The van der Waals surface area contributed by atoms with E-state index in [1.165, 1.54) is 0 Å². The molecule has 1 aromatic rings. The molecule has 1 aliphatic heterocycles. The topological polar surface area (TPSA) is 54.0 Å². The van der Waals surface area contributed by atoms with Crippen LogP contribution in [-0.4, -0.2) is 38.5 Å². The number of benzene rings is 1. The van der Waals surface area contributed by atoms with Gasteiger partial charge in [0.2, 0.25) is 0 Å². The largest absolute Gasteiger partial charge is 0.498 e. The Bertz CT molecular complexity index is 543. The van der Waals surface area contributed by atoms with Crippen LogP contribution in [0.1, 0.15) is 33.3 Å². The van der Waals surface area contributed by atoms with Gasteiger partial charge in [-0.2, -0.15) is 0 Å². The maximum atomic E-state index is 11.6. The zero-order valence-corrected chi connectivity index (χ0v) is 13.8. The zero-order valence-electron chi connectivity index (χ0n) is 13.8. The van der Waals surface area contributed by atoms with E-state index in [1.807, 2.05) is 39.0 Å². The van der Waals surface area contributed by atoms with Crippen molar-refractivity contribution in [1.29, 1.82) is 0 Å². The monoisotopic (exact) mass is 306 g/mol. The Balaban J connectivity index is 2.24. The number of carbonyl (C=O) groups is 1. The van der Waals surface area contributed by atoms with Crippen LogP contribution in [0.4, 0.5) is 0 Å². The number of hydrogen-bond acceptors (Lipinski definition) is 5. The molecular formula is C16H23BO5. The first-order chi connectivity index (χ1) is 10.4. The van der Waals surface area contributed by atoms with Gasteiger partial charge in [-0.15, -0.1) is 0 Å². The lowest BCUT2D eigenvalue weighted by Crippen LogP contribution is -2.36. The molecule has 0 aliphatic carbocycles. The predicted molar refractivity (Wildman–Crippen MR) is 84.4 cm³/mol. The van der Waals surface area contributed by atoms with Crippen LogP contribution in [0.3, 0.4) is 0 Å². The smallest absolute Gasteiger partial charge is 0.497 e. The van der Waals surface area contributed by atoms with Gasteiger partial charge in [-0.05, 0) is 39.3 Å². The van der Waals surface area contributed by atoms with Crippen molar-refractivity contribution in [2.75, 3.05) is 13.7 Å². The van der Waals surface area contributed by atoms with E-state index in [2.05, 4.69) is 0 Å². The average Bonchev–Trinajstić information content (AvgIpc) is 2.73. The number of rotatable bonds is 5. The van der Waals surface area contributed by atoms with Crippen molar-refractivity contribution >= 4 is 18.6 Å². The average molecular weight is 306 g/mol. The highest BCUT2D eigenvalue weighted by molar-refractivity contribution is 6.63. The van der Waals surface area contributed by atoms with Crippen molar-refractivity contribution in [2.45, 2.75) is 45.8 Å². The van der Waals surface area contributed by atoms with Gasteiger partial charge in [-0.25, -0.2) is 0 Å². The lowest BCUT2D eigenvalue weighted by Gasteiger charge is -2.21. The third-order valence-corrected chi connectivity index (χ3v) is 3.92. The van der Waals surface area contributed by atoms with E-state index in [1.54, 1.807) is 14.0 Å². The third kappa shape index (κ3) is 3.62. The molecule has 1 heterocycles. The van der Waals surface area contributed by atoms with Crippen LogP contribution in [0.25, 0.3) is 0 Å². The van der Waals surface area contributed by atoms with Crippen molar-refractivity contribution in [3.63, 3.8) is 0 Å². The summed E-state index contributed by atoms with van der Waals surface area (Å²) in [5.41, 5.74) is 1.27. The summed E-state index contributed by atoms with van der Waals surface area (Å²) in [5, 5.41) is 0. The molecule has 1 saturated heterocycles. The molecule has 1 atom stereocenters. The quantitative estimate of drug-likeness (QED) is 0.612. The first-order valence-electron chi connectivity index (χ1n) is 7.53. The molecule has 0 bridgehead atoms. The fourth-order valence-electron chi connectivity index (χ4n) is 2.34. The van der Waals surface area contributed by atoms with E-state index in [-0.39, 0.29) is 24.1 Å². The van der Waals surface area contributed by atoms with Crippen LogP contribution in [0.15, 0.2) is 18.2 Å². The fraction of sp³-hybridized carbons (Fsp3) is 0.562. The Hall–Kier alpha value is -1.53. The number of esters is 1. The molecule has 0 aromatic heterocycles. The van der Waals surface area contributed by atoms with Crippen LogP contribution in [0.2, 0.25) is 0 Å². The van der Waals surface area contributed by atoms with E-state index in [9.17, 15) is 4.79 Å². The summed E-state index contributed by atoms with van der Waals surface area (Å²) >= 11 is 0. The van der Waals surface area contributed by atoms with Gasteiger partial charge >= 0.3 is 13.1 Å². The van der Waals surface area contributed by atoms with Gasteiger partial charge in [-0.1, -0.05) is 12.1 Å². The molecule has 1 unspecified atom stereocenters. The van der Waals surface area contributed by atoms with Crippen molar-refractivity contribution in [2.24, 2.45) is 0 Å². The minimum Gasteiger partial charge on any atom is -0.497 e. The second-order valence-electron chi connectivity index (χ2n) is 5.89. The highest BCUT2D eigenvalue weighted by Crippen LogP contribution is 2.28. The number of carbonyl (C=O) groups excluding carboxylic acids is 1. The van der Waals surface area contributed by atoms with E-state index in [4.69, 9.17) is 18.8 Å².